The molecule has 2 aromatic heterocycles. The normalized spacial score (nSPS) is 13.7. The van der Waals surface area contributed by atoms with Crippen molar-refractivity contribution in [1.82, 2.24) is 19.9 Å². The van der Waals surface area contributed by atoms with Gasteiger partial charge in [0.25, 0.3) is 11.5 Å². The molecule has 0 radical (unpaired) electrons. The van der Waals surface area contributed by atoms with Gasteiger partial charge in [0.05, 0.1) is 19.7 Å². The summed E-state index contributed by atoms with van der Waals surface area (Å²) in [5, 5.41) is 0.381. The Bertz CT molecular complexity index is 1410. The third-order valence-electron chi connectivity index (χ3n) is 6.16. The highest BCUT2D eigenvalue weighted by Crippen LogP contribution is 2.29. The van der Waals surface area contributed by atoms with Gasteiger partial charge in [0, 0.05) is 55.8 Å². The Labute approximate surface area is 202 Å². The summed E-state index contributed by atoms with van der Waals surface area (Å²) >= 11 is 0. The smallest absolute Gasteiger partial charge is 0.272 e. The molecule has 0 aliphatic carbocycles. The Morgan fingerprint density at radius 2 is 1.74 bits per heavy atom. The molecule has 0 unspecified atom stereocenters. The standard InChI is InChI=1S/C26H25N5O4/c1-34-19-15-21-23(22(16-19)35-2)25(32)29-24(28-21)17-6-8-18(9-7-17)30-11-13-31(14-12-30)26(33)20-5-3-4-10-27-20/h3-10,15-16H,11-14H2,1-2H3,(H,28,29,32). The maximum Gasteiger partial charge on any atom is 0.272 e. The fourth-order valence-electron chi connectivity index (χ4n) is 4.28. The molecule has 1 amide bonds. The lowest BCUT2D eigenvalue weighted by Gasteiger charge is -2.36. The molecule has 1 saturated heterocycles. The summed E-state index contributed by atoms with van der Waals surface area (Å²) in [6.45, 7) is 2.70. The Morgan fingerprint density at radius 3 is 2.40 bits per heavy atom. The minimum Gasteiger partial charge on any atom is -0.497 e. The van der Waals surface area contributed by atoms with E-state index in [1.54, 1.807) is 37.6 Å². The molecule has 1 fully saturated rings. The fraction of sp³-hybridized carbons (Fsp3) is 0.231. The van der Waals surface area contributed by atoms with Crippen LogP contribution in [0, 0.1) is 0 Å². The van der Waals surface area contributed by atoms with Crippen molar-refractivity contribution < 1.29 is 14.3 Å². The molecule has 1 aliphatic heterocycles. The van der Waals surface area contributed by atoms with Gasteiger partial charge in [-0.3, -0.25) is 14.6 Å². The van der Waals surface area contributed by atoms with Gasteiger partial charge in [0.15, 0.2) is 0 Å². The van der Waals surface area contributed by atoms with Crippen LogP contribution in [-0.2, 0) is 0 Å². The second-order valence-electron chi connectivity index (χ2n) is 8.18. The Morgan fingerprint density at radius 1 is 0.971 bits per heavy atom. The minimum absolute atomic E-state index is 0.0415. The van der Waals surface area contributed by atoms with E-state index in [0.717, 1.165) is 24.3 Å². The number of aromatic amines is 1. The number of ether oxygens (including phenoxy) is 2. The molecule has 1 aliphatic rings. The van der Waals surface area contributed by atoms with Crippen molar-refractivity contribution in [3.8, 4) is 22.9 Å². The molecule has 9 nitrogen and oxygen atoms in total. The summed E-state index contributed by atoms with van der Waals surface area (Å²) in [5.41, 5.74) is 2.53. The third kappa shape index (κ3) is 4.40. The van der Waals surface area contributed by atoms with Gasteiger partial charge in [-0.2, -0.15) is 0 Å². The fourth-order valence-corrected chi connectivity index (χ4v) is 4.28. The highest BCUT2D eigenvalue weighted by Gasteiger charge is 2.23. The second-order valence-corrected chi connectivity index (χ2v) is 8.18. The van der Waals surface area contributed by atoms with Crippen LogP contribution in [0.2, 0.25) is 0 Å². The van der Waals surface area contributed by atoms with Gasteiger partial charge >= 0.3 is 0 Å². The maximum absolute atomic E-state index is 12.8. The number of nitrogens with one attached hydrogen (secondary N) is 1. The van der Waals surface area contributed by atoms with Crippen LogP contribution in [0.3, 0.4) is 0 Å². The SMILES string of the molecule is COc1cc(OC)c2c(=O)[nH]c(-c3ccc(N4CCN(C(=O)c5ccccn5)CC4)cc3)nc2c1. The van der Waals surface area contributed by atoms with Crippen molar-refractivity contribution in [3.63, 3.8) is 0 Å². The van der Waals surface area contributed by atoms with Gasteiger partial charge in [0.2, 0.25) is 0 Å². The maximum atomic E-state index is 12.8. The highest BCUT2D eigenvalue weighted by atomic mass is 16.5. The molecule has 5 rings (SSSR count). The van der Waals surface area contributed by atoms with E-state index in [2.05, 4.69) is 19.9 Å². The highest BCUT2D eigenvalue weighted by molar-refractivity contribution is 5.92. The number of fused-ring (bicyclic) bond motifs is 1. The Balaban J connectivity index is 1.33. The number of carbonyl (C=O) groups is 1. The van der Waals surface area contributed by atoms with Crippen LogP contribution in [0.5, 0.6) is 11.5 Å². The van der Waals surface area contributed by atoms with Crippen LogP contribution in [-0.4, -0.2) is 66.2 Å². The van der Waals surface area contributed by atoms with Crippen LogP contribution in [0.15, 0.2) is 65.6 Å². The summed E-state index contributed by atoms with van der Waals surface area (Å²) in [4.78, 5) is 41.2. The molecule has 1 N–H and O–H groups in total. The molecule has 0 atom stereocenters. The van der Waals surface area contributed by atoms with Gasteiger partial charge in [0.1, 0.15) is 28.4 Å². The van der Waals surface area contributed by atoms with Gasteiger partial charge in [-0.15, -0.1) is 0 Å². The number of hydrogen-bond acceptors (Lipinski definition) is 7. The van der Waals surface area contributed by atoms with Crippen molar-refractivity contribution in [2.45, 2.75) is 0 Å². The first-order valence-corrected chi connectivity index (χ1v) is 11.3. The Kier molecular flexibility index (Phi) is 6.05. The van der Waals surface area contributed by atoms with E-state index in [9.17, 15) is 9.59 Å². The van der Waals surface area contributed by atoms with Crippen LogP contribution >= 0.6 is 0 Å². The van der Waals surface area contributed by atoms with E-state index >= 15 is 0 Å². The monoisotopic (exact) mass is 471 g/mol. The van der Waals surface area contributed by atoms with Gasteiger partial charge in [-0.1, -0.05) is 6.07 Å². The zero-order valence-electron chi connectivity index (χ0n) is 19.5. The topological polar surface area (TPSA) is 101 Å². The average molecular weight is 472 g/mol. The average Bonchev–Trinajstić information content (AvgIpc) is 2.92. The molecule has 0 spiro atoms. The number of piperazine rings is 1. The van der Waals surface area contributed by atoms with Crippen LogP contribution < -0.4 is 19.9 Å². The van der Waals surface area contributed by atoms with Crippen LogP contribution in [0.1, 0.15) is 10.5 Å². The predicted molar refractivity (Wildman–Crippen MR) is 133 cm³/mol. The Hall–Kier alpha value is -4.40. The summed E-state index contributed by atoms with van der Waals surface area (Å²) < 4.78 is 10.7. The van der Waals surface area contributed by atoms with Gasteiger partial charge in [-0.25, -0.2) is 4.98 Å². The first kappa shape index (κ1) is 22.4. The van der Waals surface area contributed by atoms with E-state index < -0.39 is 0 Å². The number of H-pyrrole nitrogens is 1. The number of nitrogens with zero attached hydrogens (tertiary/aromatic N) is 4. The molecule has 35 heavy (non-hydrogen) atoms. The van der Waals surface area contributed by atoms with E-state index in [4.69, 9.17) is 9.47 Å². The zero-order chi connectivity index (χ0) is 24.4. The molecule has 178 valence electrons. The molecular weight excluding hydrogens is 446 g/mol. The zero-order valence-corrected chi connectivity index (χ0v) is 19.5. The van der Waals surface area contributed by atoms with Gasteiger partial charge in [-0.05, 0) is 36.4 Å². The number of rotatable bonds is 5. The third-order valence-corrected chi connectivity index (χ3v) is 6.16. The summed E-state index contributed by atoms with van der Waals surface area (Å²) in [5.74, 6) is 1.40. The van der Waals surface area contributed by atoms with Crippen molar-refractivity contribution in [2.75, 3.05) is 45.3 Å². The van der Waals surface area contributed by atoms with Crippen LogP contribution in [0.4, 0.5) is 5.69 Å². The number of anilines is 1. The quantitative estimate of drug-likeness (QED) is 0.478. The number of methoxy groups -OCH3 is 2. The summed E-state index contributed by atoms with van der Waals surface area (Å²) in [6, 6.07) is 16.6. The first-order valence-electron chi connectivity index (χ1n) is 11.3. The summed E-state index contributed by atoms with van der Waals surface area (Å²) in [7, 11) is 3.07. The van der Waals surface area contributed by atoms with E-state index in [-0.39, 0.29) is 11.5 Å². The lowest BCUT2D eigenvalue weighted by atomic mass is 10.1. The summed E-state index contributed by atoms with van der Waals surface area (Å²) in [6.07, 6.45) is 1.63. The first-order chi connectivity index (χ1) is 17.1. The van der Waals surface area contributed by atoms with Crippen LogP contribution in [0.25, 0.3) is 22.3 Å². The number of hydrogen-bond donors (Lipinski definition) is 1. The molecule has 3 heterocycles. The number of carbonyl (C=O) groups excluding carboxylic acids is 1. The molecule has 9 heteroatoms. The predicted octanol–water partition coefficient (Wildman–Crippen LogP) is 2.96. The van der Waals surface area contributed by atoms with E-state index in [1.165, 1.54) is 7.11 Å². The van der Waals surface area contributed by atoms with Crippen molar-refractivity contribution >= 4 is 22.5 Å². The van der Waals surface area contributed by atoms with E-state index in [0.29, 0.717) is 47.0 Å². The number of aromatic nitrogens is 3. The van der Waals surface area contributed by atoms with Gasteiger partial charge < -0.3 is 24.3 Å². The number of pyridine rings is 1. The molecular formula is C26H25N5O4. The van der Waals surface area contributed by atoms with E-state index in [1.807, 2.05) is 35.2 Å². The lowest BCUT2D eigenvalue weighted by molar-refractivity contribution is 0.0741. The van der Waals surface area contributed by atoms with Crippen molar-refractivity contribution in [2.24, 2.45) is 0 Å². The minimum atomic E-state index is -0.276. The number of benzene rings is 2. The molecule has 0 saturated carbocycles. The molecule has 2 aromatic carbocycles. The van der Waals surface area contributed by atoms with Crippen molar-refractivity contribution in [3.05, 3.63) is 76.8 Å². The molecule has 4 aromatic rings. The largest absolute Gasteiger partial charge is 0.497 e. The second kappa shape index (κ2) is 9.46. The number of amides is 1. The lowest BCUT2D eigenvalue weighted by Crippen LogP contribution is -2.49. The van der Waals surface area contributed by atoms with Crippen molar-refractivity contribution in [1.29, 1.82) is 0 Å². The molecule has 0 bridgehead atoms.